The van der Waals surface area contributed by atoms with Crippen LogP contribution in [0.1, 0.15) is 17.4 Å². The number of nitrogens with zero attached hydrogens (tertiary/aromatic N) is 3. The van der Waals surface area contributed by atoms with Crippen molar-refractivity contribution in [2.45, 2.75) is 6.04 Å². The average Bonchev–Trinajstić information content (AvgIpc) is 3.15. The van der Waals surface area contributed by atoms with Crippen molar-refractivity contribution in [2.75, 3.05) is 18.8 Å². The fourth-order valence-corrected chi connectivity index (χ4v) is 3.38. The number of aryl methyl sites for hydroxylation is 1. The van der Waals surface area contributed by atoms with Gasteiger partial charge in [-0.05, 0) is 17.7 Å². The summed E-state index contributed by atoms with van der Waals surface area (Å²) >= 11 is 1.21. The fourth-order valence-electron chi connectivity index (χ4n) is 2.56. The van der Waals surface area contributed by atoms with Gasteiger partial charge in [0.15, 0.2) is 0 Å². The quantitative estimate of drug-likeness (QED) is 0.897. The number of benzene rings is 1. The number of carbonyl (C=O) groups is 2. The van der Waals surface area contributed by atoms with Crippen molar-refractivity contribution >= 4 is 22.9 Å². The number of amides is 2. The highest BCUT2D eigenvalue weighted by atomic mass is 32.2. The maximum atomic E-state index is 13.2. The standard InChI is InChI=1S/C16H17FN4O2S/c1-20-7-6-18-15(20)14(11-2-4-12(17)5-3-11)19-13(22)10-21-8-9-24-16(21)23/h2-7,14H,8-10H2,1H3,(H,19,22). The molecule has 1 saturated heterocycles. The highest BCUT2D eigenvalue weighted by Gasteiger charge is 2.26. The summed E-state index contributed by atoms with van der Waals surface area (Å²) in [5, 5.41) is 2.81. The number of imidazole rings is 1. The Kier molecular flexibility index (Phi) is 4.84. The molecule has 1 atom stereocenters. The topological polar surface area (TPSA) is 67.2 Å². The van der Waals surface area contributed by atoms with Crippen LogP contribution in [0.4, 0.5) is 9.18 Å². The Bertz CT molecular complexity index is 747. The molecule has 2 aromatic rings. The number of hydrogen-bond acceptors (Lipinski definition) is 4. The van der Waals surface area contributed by atoms with E-state index in [1.807, 2.05) is 7.05 Å². The lowest BCUT2D eigenvalue weighted by Gasteiger charge is -2.21. The molecule has 0 spiro atoms. The van der Waals surface area contributed by atoms with Gasteiger partial charge in [0, 0.05) is 31.7 Å². The van der Waals surface area contributed by atoms with Gasteiger partial charge in [-0.1, -0.05) is 23.9 Å². The predicted molar refractivity (Wildman–Crippen MR) is 89.0 cm³/mol. The maximum absolute atomic E-state index is 13.2. The summed E-state index contributed by atoms with van der Waals surface area (Å²) in [6.07, 6.45) is 3.41. The van der Waals surface area contributed by atoms with Crippen molar-refractivity contribution < 1.29 is 14.0 Å². The van der Waals surface area contributed by atoms with Crippen LogP contribution in [0.2, 0.25) is 0 Å². The second-order valence-corrected chi connectivity index (χ2v) is 6.53. The van der Waals surface area contributed by atoms with E-state index >= 15 is 0 Å². The Morgan fingerprint density at radius 2 is 2.17 bits per heavy atom. The second kappa shape index (κ2) is 7.04. The summed E-state index contributed by atoms with van der Waals surface area (Å²) in [4.78, 5) is 29.8. The Morgan fingerprint density at radius 1 is 1.42 bits per heavy atom. The van der Waals surface area contributed by atoms with E-state index in [-0.39, 0.29) is 23.5 Å². The molecule has 8 heteroatoms. The molecule has 0 aliphatic carbocycles. The number of rotatable bonds is 5. The zero-order valence-electron chi connectivity index (χ0n) is 13.1. The van der Waals surface area contributed by atoms with Crippen LogP contribution >= 0.6 is 11.8 Å². The number of hydrogen-bond donors (Lipinski definition) is 1. The monoisotopic (exact) mass is 348 g/mol. The zero-order valence-corrected chi connectivity index (χ0v) is 13.9. The molecule has 0 saturated carbocycles. The molecule has 126 valence electrons. The minimum absolute atomic E-state index is 0.00789. The van der Waals surface area contributed by atoms with Gasteiger partial charge in [0.25, 0.3) is 5.24 Å². The van der Waals surface area contributed by atoms with Crippen molar-refractivity contribution in [1.82, 2.24) is 19.8 Å². The van der Waals surface area contributed by atoms with Gasteiger partial charge in [-0.15, -0.1) is 0 Å². The van der Waals surface area contributed by atoms with E-state index in [1.165, 1.54) is 28.8 Å². The molecule has 3 rings (SSSR count). The van der Waals surface area contributed by atoms with E-state index in [0.717, 1.165) is 5.56 Å². The van der Waals surface area contributed by atoms with E-state index in [4.69, 9.17) is 0 Å². The van der Waals surface area contributed by atoms with Gasteiger partial charge >= 0.3 is 0 Å². The fraction of sp³-hybridized carbons (Fsp3) is 0.312. The second-order valence-electron chi connectivity index (χ2n) is 5.48. The molecule has 24 heavy (non-hydrogen) atoms. The molecule has 1 aliphatic rings. The van der Waals surface area contributed by atoms with Crippen LogP contribution in [-0.4, -0.2) is 44.4 Å². The smallest absolute Gasteiger partial charge is 0.282 e. The summed E-state index contributed by atoms with van der Waals surface area (Å²) in [7, 11) is 1.83. The normalized spacial score (nSPS) is 15.6. The third kappa shape index (κ3) is 3.59. The summed E-state index contributed by atoms with van der Waals surface area (Å²) < 4.78 is 15.0. The third-order valence-corrected chi connectivity index (χ3v) is 4.70. The van der Waals surface area contributed by atoms with Crippen LogP contribution in [0, 0.1) is 5.82 Å². The number of carbonyl (C=O) groups excluding carboxylic acids is 2. The first-order chi connectivity index (χ1) is 11.5. The first kappa shape index (κ1) is 16.5. The molecular weight excluding hydrogens is 331 g/mol. The summed E-state index contributed by atoms with van der Waals surface area (Å²) in [6.45, 7) is 0.578. The number of nitrogens with one attached hydrogen (secondary N) is 1. The largest absolute Gasteiger partial charge is 0.341 e. The molecule has 2 heterocycles. The minimum atomic E-state index is -0.511. The molecule has 2 amide bonds. The van der Waals surface area contributed by atoms with Crippen molar-refractivity contribution in [3.05, 3.63) is 53.9 Å². The SMILES string of the molecule is Cn1ccnc1C(NC(=O)CN1CCSC1=O)c1ccc(F)cc1. The molecule has 1 N–H and O–H groups in total. The van der Waals surface area contributed by atoms with Gasteiger partial charge in [-0.2, -0.15) is 0 Å². The lowest BCUT2D eigenvalue weighted by molar-refractivity contribution is -0.122. The lowest BCUT2D eigenvalue weighted by Crippen LogP contribution is -2.40. The predicted octanol–water partition coefficient (Wildman–Crippen LogP) is 1.93. The van der Waals surface area contributed by atoms with Gasteiger partial charge in [0.2, 0.25) is 5.91 Å². The van der Waals surface area contributed by atoms with Gasteiger partial charge in [-0.25, -0.2) is 9.37 Å². The first-order valence-corrected chi connectivity index (χ1v) is 8.47. The van der Waals surface area contributed by atoms with E-state index in [2.05, 4.69) is 10.3 Å². The Balaban J connectivity index is 1.80. The van der Waals surface area contributed by atoms with Crippen LogP contribution in [0.3, 0.4) is 0 Å². The number of aromatic nitrogens is 2. The Labute approximate surface area is 143 Å². The Morgan fingerprint density at radius 3 is 2.75 bits per heavy atom. The Hall–Kier alpha value is -2.35. The van der Waals surface area contributed by atoms with Crippen LogP contribution in [0.25, 0.3) is 0 Å². The van der Waals surface area contributed by atoms with E-state index < -0.39 is 6.04 Å². The molecule has 1 aliphatic heterocycles. The van der Waals surface area contributed by atoms with E-state index in [1.54, 1.807) is 29.1 Å². The van der Waals surface area contributed by atoms with Crippen LogP contribution < -0.4 is 5.32 Å². The molecule has 0 bridgehead atoms. The summed E-state index contributed by atoms with van der Waals surface area (Å²) in [5.41, 5.74) is 0.723. The van der Waals surface area contributed by atoms with Crippen molar-refractivity contribution in [2.24, 2.45) is 7.05 Å². The van der Waals surface area contributed by atoms with Crippen molar-refractivity contribution in [3.63, 3.8) is 0 Å². The van der Waals surface area contributed by atoms with Crippen LogP contribution in [0.5, 0.6) is 0 Å². The average molecular weight is 348 g/mol. The van der Waals surface area contributed by atoms with E-state index in [0.29, 0.717) is 18.1 Å². The molecule has 1 aromatic heterocycles. The van der Waals surface area contributed by atoms with E-state index in [9.17, 15) is 14.0 Å². The summed E-state index contributed by atoms with van der Waals surface area (Å²) in [5.74, 6) is 0.718. The number of halogens is 1. The lowest BCUT2D eigenvalue weighted by atomic mass is 10.1. The van der Waals surface area contributed by atoms with Gasteiger partial charge in [0.1, 0.15) is 24.2 Å². The van der Waals surface area contributed by atoms with Gasteiger partial charge < -0.3 is 14.8 Å². The van der Waals surface area contributed by atoms with Crippen LogP contribution in [-0.2, 0) is 11.8 Å². The molecule has 1 unspecified atom stereocenters. The third-order valence-electron chi connectivity index (χ3n) is 3.80. The van der Waals surface area contributed by atoms with Gasteiger partial charge in [0.05, 0.1) is 0 Å². The van der Waals surface area contributed by atoms with Gasteiger partial charge in [-0.3, -0.25) is 9.59 Å². The highest BCUT2D eigenvalue weighted by Crippen LogP contribution is 2.21. The minimum Gasteiger partial charge on any atom is -0.341 e. The molecule has 1 fully saturated rings. The molecule has 0 radical (unpaired) electrons. The van der Waals surface area contributed by atoms with Crippen molar-refractivity contribution in [3.8, 4) is 0 Å². The van der Waals surface area contributed by atoms with Crippen LogP contribution in [0.15, 0.2) is 36.7 Å². The van der Waals surface area contributed by atoms with Crippen molar-refractivity contribution in [1.29, 1.82) is 0 Å². The molecule has 6 nitrogen and oxygen atoms in total. The first-order valence-electron chi connectivity index (χ1n) is 7.48. The zero-order chi connectivity index (χ0) is 17.1. The molecule has 1 aromatic carbocycles. The highest BCUT2D eigenvalue weighted by molar-refractivity contribution is 8.13. The summed E-state index contributed by atoms with van der Waals surface area (Å²) in [6, 6.07) is 5.41. The molecular formula is C16H17FN4O2S. The maximum Gasteiger partial charge on any atom is 0.282 e. The number of thioether (sulfide) groups is 1.